The van der Waals surface area contributed by atoms with E-state index >= 15 is 0 Å². The average molecular weight is 267 g/mol. The highest BCUT2D eigenvalue weighted by Gasteiger charge is 2.40. The van der Waals surface area contributed by atoms with E-state index in [2.05, 4.69) is 5.48 Å². The van der Waals surface area contributed by atoms with Crippen LogP contribution in [0.5, 0.6) is 0 Å². The fourth-order valence-electron chi connectivity index (χ4n) is 2.51. The largest absolute Gasteiger partial charge is 0.291 e. The van der Waals surface area contributed by atoms with Gasteiger partial charge in [0.05, 0.1) is 5.69 Å². The first-order chi connectivity index (χ1) is 9.69. The summed E-state index contributed by atoms with van der Waals surface area (Å²) in [5.74, 6) is 0.0442. The molecule has 1 aliphatic carbocycles. The molecule has 1 aliphatic rings. The molecule has 0 aromatic heterocycles. The Morgan fingerprint density at radius 2 is 1.75 bits per heavy atom. The number of ketones is 1. The van der Waals surface area contributed by atoms with Gasteiger partial charge in [0, 0.05) is 5.56 Å². The molecule has 0 fully saturated rings. The summed E-state index contributed by atoms with van der Waals surface area (Å²) in [5.41, 5.74) is 4.81. The Morgan fingerprint density at radius 1 is 1.05 bits per heavy atom. The van der Waals surface area contributed by atoms with Crippen LogP contribution in [-0.4, -0.2) is 11.4 Å². The predicted molar refractivity (Wildman–Crippen MR) is 78.6 cm³/mol. The van der Waals surface area contributed by atoms with Crippen LogP contribution in [-0.2, 0) is 11.3 Å². The third kappa shape index (κ3) is 2.32. The Labute approximate surface area is 118 Å². The van der Waals surface area contributed by atoms with Crippen molar-refractivity contribution >= 4 is 11.5 Å². The van der Waals surface area contributed by atoms with Crippen LogP contribution in [0.4, 0.5) is 5.69 Å². The molecule has 3 heteroatoms. The number of benzene rings is 2. The third-order valence-corrected chi connectivity index (χ3v) is 3.78. The zero-order valence-corrected chi connectivity index (χ0v) is 11.4. The lowest BCUT2D eigenvalue weighted by atomic mass is 9.80. The summed E-state index contributed by atoms with van der Waals surface area (Å²) in [6, 6.07) is 17.4. The van der Waals surface area contributed by atoms with Crippen molar-refractivity contribution in [1.82, 2.24) is 0 Å². The number of hydrogen-bond acceptors (Lipinski definition) is 3. The second-order valence-corrected chi connectivity index (χ2v) is 5.29. The summed E-state index contributed by atoms with van der Waals surface area (Å²) in [6.45, 7) is 1.85. The SMILES string of the molecule is C[C@]1(ONc2ccccc2)CCc2ccccc2C1=O. The monoisotopic (exact) mass is 267 g/mol. The number of carbonyl (C=O) groups is 1. The number of Topliss-reactive ketones (excluding diaryl/α,β-unsaturated/α-hetero) is 1. The average Bonchev–Trinajstić information content (AvgIpc) is 2.51. The van der Waals surface area contributed by atoms with Crippen LogP contribution >= 0.6 is 0 Å². The summed E-state index contributed by atoms with van der Waals surface area (Å²) in [6.07, 6.45) is 1.54. The molecular weight excluding hydrogens is 250 g/mol. The van der Waals surface area contributed by atoms with Crippen molar-refractivity contribution in [3.8, 4) is 0 Å². The molecule has 3 rings (SSSR count). The van der Waals surface area contributed by atoms with Crippen LogP contribution in [0.2, 0.25) is 0 Å². The first-order valence-electron chi connectivity index (χ1n) is 6.81. The number of anilines is 1. The highest BCUT2D eigenvalue weighted by atomic mass is 16.7. The molecule has 1 N–H and O–H groups in total. The van der Waals surface area contributed by atoms with Crippen molar-refractivity contribution in [3.63, 3.8) is 0 Å². The van der Waals surface area contributed by atoms with Crippen LogP contribution in [0.1, 0.15) is 29.3 Å². The number of hydrogen-bond donors (Lipinski definition) is 1. The molecule has 2 aromatic rings. The van der Waals surface area contributed by atoms with Gasteiger partial charge in [0.15, 0.2) is 11.4 Å². The molecule has 20 heavy (non-hydrogen) atoms. The molecule has 0 radical (unpaired) electrons. The van der Waals surface area contributed by atoms with Gasteiger partial charge in [0.25, 0.3) is 0 Å². The summed E-state index contributed by atoms with van der Waals surface area (Å²) in [7, 11) is 0. The molecular formula is C17H17NO2. The van der Waals surface area contributed by atoms with Crippen molar-refractivity contribution < 1.29 is 9.63 Å². The number of fused-ring (bicyclic) bond motifs is 1. The Kier molecular flexibility index (Phi) is 3.28. The Balaban J connectivity index is 1.78. The van der Waals surface area contributed by atoms with Crippen LogP contribution < -0.4 is 5.48 Å². The lowest BCUT2D eigenvalue weighted by molar-refractivity contribution is 0.00413. The normalized spacial score (nSPS) is 21.4. The van der Waals surface area contributed by atoms with Crippen LogP contribution in [0.15, 0.2) is 54.6 Å². The van der Waals surface area contributed by atoms with E-state index in [1.165, 1.54) is 0 Å². The Morgan fingerprint density at radius 3 is 2.55 bits per heavy atom. The first-order valence-corrected chi connectivity index (χ1v) is 6.81. The molecule has 0 unspecified atom stereocenters. The zero-order chi connectivity index (χ0) is 14.0. The van der Waals surface area contributed by atoms with E-state index in [4.69, 9.17) is 4.84 Å². The van der Waals surface area contributed by atoms with E-state index in [0.717, 1.165) is 23.2 Å². The Bertz CT molecular complexity index is 624. The van der Waals surface area contributed by atoms with Gasteiger partial charge in [0.2, 0.25) is 0 Å². The van der Waals surface area contributed by atoms with Crippen molar-refractivity contribution in [2.75, 3.05) is 5.48 Å². The van der Waals surface area contributed by atoms with E-state index in [1.54, 1.807) is 0 Å². The van der Waals surface area contributed by atoms with Crippen molar-refractivity contribution in [3.05, 3.63) is 65.7 Å². The number of para-hydroxylation sites is 1. The van der Waals surface area contributed by atoms with Crippen LogP contribution in [0.3, 0.4) is 0 Å². The molecule has 1 atom stereocenters. The molecule has 2 aromatic carbocycles. The molecule has 0 saturated carbocycles. The van der Waals surface area contributed by atoms with Gasteiger partial charge in [-0.2, -0.15) is 0 Å². The van der Waals surface area contributed by atoms with Crippen molar-refractivity contribution in [2.24, 2.45) is 0 Å². The molecule has 0 heterocycles. The van der Waals surface area contributed by atoms with Gasteiger partial charge in [-0.25, -0.2) is 0 Å². The molecule has 102 valence electrons. The fourth-order valence-corrected chi connectivity index (χ4v) is 2.51. The minimum Gasteiger partial charge on any atom is -0.291 e. The molecule has 0 spiro atoms. The fraction of sp³-hybridized carbons (Fsp3) is 0.235. The maximum Gasteiger partial charge on any atom is 0.197 e. The minimum absolute atomic E-state index is 0.0442. The predicted octanol–water partition coefficient (Wildman–Crippen LogP) is 3.62. The highest BCUT2D eigenvalue weighted by Crippen LogP contribution is 2.31. The maximum atomic E-state index is 12.6. The molecule has 0 amide bonds. The summed E-state index contributed by atoms with van der Waals surface area (Å²) < 4.78 is 0. The van der Waals surface area contributed by atoms with Gasteiger partial charge in [-0.3, -0.25) is 15.1 Å². The first kappa shape index (κ1) is 12.9. The van der Waals surface area contributed by atoms with E-state index in [0.29, 0.717) is 6.42 Å². The second kappa shape index (κ2) is 5.10. The number of rotatable bonds is 3. The van der Waals surface area contributed by atoms with Gasteiger partial charge in [-0.1, -0.05) is 42.5 Å². The maximum absolute atomic E-state index is 12.6. The third-order valence-electron chi connectivity index (χ3n) is 3.78. The highest BCUT2D eigenvalue weighted by molar-refractivity contribution is 6.04. The Hall–Kier alpha value is -2.13. The van der Waals surface area contributed by atoms with Crippen molar-refractivity contribution in [2.45, 2.75) is 25.4 Å². The standard InChI is InChI=1S/C17H17NO2/c1-17(20-18-14-8-3-2-4-9-14)12-11-13-7-5-6-10-15(13)16(17)19/h2-10,18H,11-12H2,1H3/t17-/m0/s1. The smallest absolute Gasteiger partial charge is 0.197 e. The van der Waals surface area contributed by atoms with Gasteiger partial charge in [0.1, 0.15) is 0 Å². The number of nitrogens with one attached hydrogen (secondary N) is 1. The lowest BCUT2D eigenvalue weighted by Gasteiger charge is -2.32. The van der Waals surface area contributed by atoms with Crippen molar-refractivity contribution in [1.29, 1.82) is 0 Å². The van der Waals surface area contributed by atoms with Gasteiger partial charge in [-0.15, -0.1) is 0 Å². The van der Waals surface area contributed by atoms with Crippen LogP contribution in [0, 0.1) is 0 Å². The van der Waals surface area contributed by atoms with E-state index in [1.807, 2.05) is 61.5 Å². The second-order valence-electron chi connectivity index (χ2n) is 5.29. The summed E-state index contributed by atoms with van der Waals surface area (Å²) >= 11 is 0. The molecule has 0 aliphatic heterocycles. The number of aryl methyl sites for hydroxylation is 1. The minimum atomic E-state index is -0.815. The van der Waals surface area contributed by atoms with Gasteiger partial charge >= 0.3 is 0 Å². The zero-order valence-electron chi connectivity index (χ0n) is 11.4. The summed E-state index contributed by atoms with van der Waals surface area (Å²) in [4.78, 5) is 18.3. The summed E-state index contributed by atoms with van der Waals surface area (Å²) in [5, 5.41) is 0. The van der Waals surface area contributed by atoms with Gasteiger partial charge in [-0.05, 0) is 37.5 Å². The molecule has 3 nitrogen and oxygen atoms in total. The van der Waals surface area contributed by atoms with Crippen LogP contribution in [0.25, 0.3) is 0 Å². The lowest BCUT2D eigenvalue weighted by Crippen LogP contribution is -2.43. The molecule has 0 bridgehead atoms. The van der Waals surface area contributed by atoms with E-state index in [9.17, 15) is 4.79 Å². The van der Waals surface area contributed by atoms with E-state index < -0.39 is 5.60 Å². The number of carbonyl (C=O) groups excluding carboxylic acids is 1. The van der Waals surface area contributed by atoms with Gasteiger partial charge < -0.3 is 0 Å². The topological polar surface area (TPSA) is 38.3 Å². The van der Waals surface area contributed by atoms with E-state index in [-0.39, 0.29) is 5.78 Å². The quantitative estimate of drug-likeness (QED) is 0.863. The molecule has 0 saturated heterocycles.